The number of hydrogen-bond acceptors (Lipinski definition) is 7. The number of aliphatic hydroxyl groups is 2. The molecule has 26 heavy (non-hydrogen) atoms. The molecule has 1 fully saturated rings. The van der Waals surface area contributed by atoms with Crippen LogP contribution in [-0.4, -0.2) is 50.8 Å². The van der Waals surface area contributed by atoms with Crippen LogP contribution in [0.3, 0.4) is 0 Å². The zero-order valence-electron chi connectivity index (χ0n) is 14.4. The molecule has 0 aromatic carbocycles. The zero-order chi connectivity index (χ0) is 18.6. The molecular formula is C15H23ClFN3O6. The Morgan fingerprint density at radius 1 is 1.42 bits per heavy atom. The van der Waals surface area contributed by atoms with Gasteiger partial charge in [0.15, 0.2) is 17.9 Å². The number of nitrogens with one attached hydrogen (secondary N) is 1. The molecule has 1 amide bonds. The molecule has 2 rings (SSSR count). The number of anilines is 1. The molecule has 1 aromatic heterocycles. The molecule has 1 aliphatic heterocycles. The van der Waals surface area contributed by atoms with Gasteiger partial charge in [-0.1, -0.05) is 19.8 Å². The molecule has 0 radical (unpaired) electrons. The first-order valence-electron chi connectivity index (χ1n) is 8.09. The van der Waals surface area contributed by atoms with Gasteiger partial charge in [0.1, 0.15) is 12.2 Å². The maximum absolute atomic E-state index is 14.1. The van der Waals surface area contributed by atoms with Crippen LogP contribution in [0.5, 0.6) is 0 Å². The highest BCUT2D eigenvalue weighted by Crippen LogP contribution is 2.28. The lowest BCUT2D eigenvalue weighted by Gasteiger charge is -2.17. The molecule has 4 atom stereocenters. The highest BCUT2D eigenvalue weighted by molar-refractivity contribution is 5.85. The lowest BCUT2D eigenvalue weighted by molar-refractivity contribution is -0.0355. The second kappa shape index (κ2) is 9.81. The zero-order valence-corrected chi connectivity index (χ0v) is 15.2. The molecule has 1 saturated heterocycles. The third-order valence-corrected chi connectivity index (χ3v) is 3.86. The number of carbonyl (C=O) groups is 1. The summed E-state index contributed by atoms with van der Waals surface area (Å²) in [6, 6.07) is 0. The molecule has 0 unspecified atom stereocenters. The van der Waals surface area contributed by atoms with Crippen LogP contribution >= 0.6 is 12.4 Å². The Hall–Kier alpha value is -1.75. The van der Waals surface area contributed by atoms with Gasteiger partial charge in [0.05, 0.1) is 18.9 Å². The number of halogens is 2. The Labute approximate surface area is 155 Å². The summed E-state index contributed by atoms with van der Waals surface area (Å²) in [5, 5.41) is 21.6. The monoisotopic (exact) mass is 395 g/mol. The standard InChI is InChI=1S/C15H22FN3O6.ClH/c1-3-4-5-6-24-15(23)18-12-9(16)7-19(14(22)17-12)13-11(21)10(20)8(2)25-13;/h7-8,10-11,13,20-21H,3-6H2,1-2H3,(H,17,18,22,23);1H/t8-,10-,11-,13-;/m1./s1. The van der Waals surface area contributed by atoms with Crippen LogP contribution in [0.2, 0.25) is 0 Å². The van der Waals surface area contributed by atoms with E-state index < -0.39 is 48.0 Å². The van der Waals surface area contributed by atoms with Crippen LogP contribution in [0.25, 0.3) is 0 Å². The maximum atomic E-state index is 14.1. The molecule has 9 nitrogen and oxygen atoms in total. The second-order valence-electron chi connectivity index (χ2n) is 5.81. The third-order valence-electron chi connectivity index (χ3n) is 3.86. The number of hydrogen-bond donors (Lipinski definition) is 3. The highest BCUT2D eigenvalue weighted by atomic mass is 35.5. The fourth-order valence-electron chi connectivity index (χ4n) is 2.42. The van der Waals surface area contributed by atoms with E-state index in [1.807, 2.05) is 6.92 Å². The van der Waals surface area contributed by atoms with Gasteiger partial charge in [0, 0.05) is 0 Å². The maximum Gasteiger partial charge on any atom is 0.412 e. The minimum Gasteiger partial charge on any atom is -0.449 e. The summed E-state index contributed by atoms with van der Waals surface area (Å²) in [6.07, 6.45) is -2.25. The molecule has 0 aliphatic carbocycles. The Morgan fingerprint density at radius 2 is 2.12 bits per heavy atom. The van der Waals surface area contributed by atoms with Crippen molar-refractivity contribution in [3.05, 3.63) is 22.5 Å². The third kappa shape index (κ3) is 5.13. The fourth-order valence-corrected chi connectivity index (χ4v) is 2.42. The summed E-state index contributed by atoms with van der Waals surface area (Å²) >= 11 is 0. The number of unbranched alkanes of at least 4 members (excludes halogenated alkanes) is 2. The van der Waals surface area contributed by atoms with E-state index in [-0.39, 0.29) is 19.0 Å². The predicted octanol–water partition coefficient (Wildman–Crippen LogP) is 1.18. The van der Waals surface area contributed by atoms with Gasteiger partial charge in [-0.2, -0.15) is 4.98 Å². The molecule has 0 saturated carbocycles. The predicted molar refractivity (Wildman–Crippen MR) is 91.8 cm³/mol. The van der Waals surface area contributed by atoms with Crippen LogP contribution in [0.15, 0.2) is 11.0 Å². The number of ether oxygens (including phenoxy) is 2. The van der Waals surface area contributed by atoms with E-state index in [4.69, 9.17) is 9.47 Å². The van der Waals surface area contributed by atoms with Crippen molar-refractivity contribution < 1.29 is 28.9 Å². The van der Waals surface area contributed by atoms with Gasteiger partial charge in [0.25, 0.3) is 0 Å². The van der Waals surface area contributed by atoms with Gasteiger partial charge < -0.3 is 19.7 Å². The van der Waals surface area contributed by atoms with Crippen molar-refractivity contribution in [3.8, 4) is 0 Å². The summed E-state index contributed by atoms with van der Waals surface area (Å²) in [5.74, 6) is -1.59. The topological polar surface area (TPSA) is 123 Å². The van der Waals surface area contributed by atoms with E-state index in [1.165, 1.54) is 6.92 Å². The van der Waals surface area contributed by atoms with Gasteiger partial charge in [-0.25, -0.2) is 14.0 Å². The van der Waals surface area contributed by atoms with Crippen molar-refractivity contribution in [2.75, 3.05) is 11.9 Å². The lowest BCUT2D eigenvalue weighted by atomic mass is 10.1. The molecule has 1 aromatic rings. The first-order valence-corrected chi connectivity index (χ1v) is 8.09. The van der Waals surface area contributed by atoms with Gasteiger partial charge in [-0.3, -0.25) is 9.88 Å². The Morgan fingerprint density at radius 3 is 2.69 bits per heavy atom. The summed E-state index contributed by atoms with van der Waals surface area (Å²) < 4.78 is 24.9. The van der Waals surface area contributed by atoms with E-state index in [0.717, 1.165) is 23.6 Å². The second-order valence-corrected chi connectivity index (χ2v) is 5.81. The molecule has 11 heteroatoms. The molecule has 2 heterocycles. The van der Waals surface area contributed by atoms with Gasteiger partial charge in [-0.05, 0) is 13.3 Å². The number of aliphatic hydroxyl groups excluding tert-OH is 2. The van der Waals surface area contributed by atoms with Crippen molar-refractivity contribution in [2.24, 2.45) is 0 Å². The van der Waals surface area contributed by atoms with Gasteiger partial charge >= 0.3 is 11.8 Å². The Bertz CT molecular complexity index is 673. The van der Waals surface area contributed by atoms with Gasteiger partial charge in [-0.15, -0.1) is 12.4 Å². The number of nitrogens with zero attached hydrogens (tertiary/aromatic N) is 2. The van der Waals surface area contributed by atoms with Crippen LogP contribution in [0.4, 0.5) is 15.0 Å². The van der Waals surface area contributed by atoms with Crippen molar-refractivity contribution in [1.29, 1.82) is 0 Å². The van der Waals surface area contributed by atoms with Crippen molar-refractivity contribution in [2.45, 2.75) is 57.6 Å². The number of rotatable bonds is 6. The lowest BCUT2D eigenvalue weighted by Crippen LogP contribution is -2.36. The van der Waals surface area contributed by atoms with Crippen LogP contribution in [0.1, 0.15) is 39.3 Å². The van der Waals surface area contributed by atoms with E-state index in [9.17, 15) is 24.2 Å². The highest BCUT2D eigenvalue weighted by Gasteiger charge is 2.42. The first-order chi connectivity index (χ1) is 11.8. The molecule has 0 spiro atoms. The van der Waals surface area contributed by atoms with Crippen molar-refractivity contribution >= 4 is 24.3 Å². The van der Waals surface area contributed by atoms with Crippen LogP contribution < -0.4 is 11.0 Å². The van der Waals surface area contributed by atoms with E-state index in [1.54, 1.807) is 0 Å². The average Bonchev–Trinajstić information content (AvgIpc) is 2.82. The van der Waals surface area contributed by atoms with E-state index >= 15 is 0 Å². The smallest absolute Gasteiger partial charge is 0.412 e. The van der Waals surface area contributed by atoms with Gasteiger partial charge in [0.2, 0.25) is 0 Å². The summed E-state index contributed by atoms with van der Waals surface area (Å²) in [6.45, 7) is 3.68. The minimum absolute atomic E-state index is 0. The summed E-state index contributed by atoms with van der Waals surface area (Å²) in [7, 11) is 0. The molecule has 1 aliphatic rings. The Balaban J connectivity index is 0.00000338. The van der Waals surface area contributed by atoms with Crippen molar-refractivity contribution in [3.63, 3.8) is 0 Å². The van der Waals surface area contributed by atoms with Crippen molar-refractivity contribution in [1.82, 2.24) is 9.55 Å². The number of aromatic nitrogens is 2. The summed E-state index contributed by atoms with van der Waals surface area (Å²) in [4.78, 5) is 27.0. The van der Waals surface area contributed by atoms with Crippen LogP contribution in [-0.2, 0) is 9.47 Å². The number of carbonyl (C=O) groups excluding carboxylic acids is 1. The quantitative estimate of drug-likeness (QED) is 0.618. The fraction of sp³-hybridized carbons (Fsp3) is 0.667. The van der Waals surface area contributed by atoms with E-state index in [2.05, 4.69) is 10.3 Å². The average molecular weight is 396 g/mol. The molecule has 3 N–H and O–H groups in total. The summed E-state index contributed by atoms with van der Waals surface area (Å²) in [5.41, 5.74) is -0.951. The SMILES string of the molecule is CCCCCOC(=O)Nc1nc(=O)n([C@@H]2O[C@H](C)[C@@H](O)[C@H]2O)cc1F.Cl. The van der Waals surface area contributed by atoms with E-state index in [0.29, 0.717) is 6.42 Å². The minimum atomic E-state index is -1.41. The van der Waals surface area contributed by atoms with Crippen LogP contribution in [0, 0.1) is 5.82 Å². The largest absolute Gasteiger partial charge is 0.449 e. The first kappa shape index (κ1) is 22.3. The Kier molecular flexibility index (Phi) is 8.41. The number of amides is 1. The molecule has 148 valence electrons. The normalized spacial score (nSPS) is 24.8. The molecule has 0 bridgehead atoms. The molecular weight excluding hydrogens is 373 g/mol.